The predicted molar refractivity (Wildman–Crippen MR) is 71.4 cm³/mol. The van der Waals surface area contributed by atoms with E-state index < -0.39 is 17.8 Å². The van der Waals surface area contributed by atoms with Gasteiger partial charge >= 0.3 is 6.09 Å². The van der Waals surface area contributed by atoms with Crippen LogP contribution in [0.1, 0.15) is 59.8 Å². The van der Waals surface area contributed by atoms with Gasteiger partial charge in [0.05, 0.1) is 12.1 Å². The summed E-state index contributed by atoms with van der Waals surface area (Å²) >= 11 is 0. The molecule has 2 N–H and O–H groups in total. The molecule has 0 saturated heterocycles. The Morgan fingerprint density at radius 3 is 2.33 bits per heavy atom. The molecule has 0 heterocycles. The number of carbonyl (C=O) groups excluding carboxylic acids is 1. The van der Waals surface area contributed by atoms with Gasteiger partial charge in [-0.15, -0.1) is 0 Å². The van der Waals surface area contributed by atoms with Crippen LogP contribution in [0.4, 0.5) is 4.79 Å². The van der Waals surface area contributed by atoms with Gasteiger partial charge in [-0.25, -0.2) is 4.79 Å². The van der Waals surface area contributed by atoms with E-state index in [1.54, 1.807) is 0 Å². The van der Waals surface area contributed by atoms with Gasteiger partial charge in [0.25, 0.3) is 0 Å². The number of hydrogen-bond acceptors (Lipinski definition) is 3. The Morgan fingerprint density at radius 1 is 1.28 bits per heavy atom. The van der Waals surface area contributed by atoms with E-state index in [-0.39, 0.29) is 6.04 Å². The Hall–Kier alpha value is -0.770. The van der Waals surface area contributed by atoms with E-state index >= 15 is 0 Å². The van der Waals surface area contributed by atoms with Gasteiger partial charge in [0.1, 0.15) is 5.60 Å². The van der Waals surface area contributed by atoms with Crippen molar-refractivity contribution < 1.29 is 14.6 Å². The van der Waals surface area contributed by atoms with Crippen molar-refractivity contribution in [2.45, 2.75) is 77.5 Å². The zero-order valence-electron chi connectivity index (χ0n) is 12.0. The molecule has 1 amide bonds. The molecule has 0 spiro atoms. The first kappa shape index (κ1) is 15.3. The molecule has 4 nitrogen and oxygen atoms in total. The molecular weight excluding hydrogens is 230 g/mol. The molecule has 1 rings (SSSR count). The second-order valence-corrected chi connectivity index (χ2v) is 6.32. The molecular formula is C14H27NO3. The maximum atomic E-state index is 11.6. The number of hydrogen-bond donors (Lipinski definition) is 2. The molecule has 1 aliphatic rings. The van der Waals surface area contributed by atoms with Crippen LogP contribution >= 0.6 is 0 Å². The van der Waals surface area contributed by atoms with Crippen LogP contribution in [0.3, 0.4) is 0 Å². The van der Waals surface area contributed by atoms with E-state index in [4.69, 9.17) is 4.74 Å². The van der Waals surface area contributed by atoms with E-state index in [1.807, 2.05) is 27.7 Å². The van der Waals surface area contributed by atoms with Gasteiger partial charge in [0.15, 0.2) is 0 Å². The third-order valence-electron chi connectivity index (χ3n) is 3.39. The summed E-state index contributed by atoms with van der Waals surface area (Å²) in [5, 5.41) is 12.9. The lowest BCUT2D eigenvalue weighted by atomic mass is 9.83. The third kappa shape index (κ3) is 5.25. The van der Waals surface area contributed by atoms with Crippen molar-refractivity contribution in [1.29, 1.82) is 0 Å². The smallest absolute Gasteiger partial charge is 0.407 e. The number of ether oxygens (including phenoxy) is 1. The lowest BCUT2D eigenvalue weighted by Crippen LogP contribution is -2.46. The average Bonchev–Trinajstić information content (AvgIpc) is 2.26. The molecule has 1 aliphatic carbocycles. The van der Waals surface area contributed by atoms with Crippen LogP contribution in [0.25, 0.3) is 0 Å². The zero-order valence-corrected chi connectivity index (χ0v) is 12.0. The summed E-state index contributed by atoms with van der Waals surface area (Å²) in [7, 11) is 0. The number of rotatable bonds is 3. The number of aliphatic hydroxyl groups is 1. The monoisotopic (exact) mass is 257 g/mol. The highest BCUT2D eigenvalue weighted by atomic mass is 16.6. The number of aliphatic hydroxyl groups excluding tert-OH is 1. The molecule has 4 heteroatoms. The summed E-state index contributed by atoms with van der Waals surface area (Å²) in [5.74, 6) is 0.309. The Morgan fingerprint density at radius 2 is 1.83 bits per heavy atom. The normalized spacial score (nSPS) is 21.2. The number of carbonyl (C=O) groups is 1. The van der Waals surface area contributed by atoms with Crippen LogP contribution in [-0.4, -0.2) is 28.9 Å². The highest BCUT2D eigenvalue weighted by Crippen LogP contribution is 2.27. The van der Waals surface area contributed by atoms with Gasteiger partial charge in [-0.1, -0.05) is 19.3 Å². The molecule has 0 aromatic carbocycles. The highest BCUT2D eigenvalue weighted by Gasteiger charge is 2.28. The van der Waals surface area contributed by atoms with Crippen LogP contribution in [0, 0.1) is 5.92 Å². The van der Waals surface area contributed by atoms with E-state index in [1.165, 1.54) is 19.3 Å². The van der Waals surface area contributed by atoms with Crippen LogP contribution in [-0.2, 0) is 4.74 Å². The molecule has 18 heavy (non-hydrogen) atoms. The first-order chi connectivity index (χ1) is 8.29. The Bertz CT molecular complexity index is 267. The maximum Gasteiger partial charge on any atom is 0.407 e. The molecule has 1 unspecified atom stereocenters. The average molecular weight is 257 g/mol. The summed E-state index contributed by atoms with van der Waals surface area (Å²) in [4.78, 5) is 11.6. The standard InChI is InChI=1S/C14H27NO3/c1-10(15-13(17)18-14(2,3)4)12(16)11-8-6-5-7-9-11/h10-12,16H,5-9H2,1-4H3,(H,15,17)/t10-,12?/m0/s1. The van der Waals surface area contributed by atoms with Crippen LogP contribution in [0.2, 0.25) is 0 Å². The topological polar surface area (TPSA) is 58.6 Å². The van der Waals surface area contributed by atoms with Gasteiger partial charge in [-0.05, 0) is 46.5 Å². The predicted octanol–water partition coefficient (Wildman–Crippen LogP) is 2.84. The largest absolute Gasteiger partial charge is 0.444 e. The van der Waals surface area contributed by atoms with E-state index in [9.17, 15) is 9.90 Å². The van der Waals surface area contributed by atoms with Gasteiger partial charge in [0, 0.05) is 0 Å². The second kappa shape index (κ2) is 6.41. The van der Waals surface area contributed by atoms with Crippen molar-refractivity contribution in [3.8, 4) is 0 Å². The van der Waals surface area contributed by atoms with Gasteiger partial charge < -0.3 is 15.2 Å². The first-order valence-electron chi connectivity index (χ1n) is 6.97. The summed E-state index contributed by atoms with van der Waals surface area (Å²) < 4.78 is 5.18. The highest BCUT2D eigenvalue weighted by molar-refractivity contribution is 5.68. The van der Waals surface area contributed by atoms with Gasteiger partial charge in [-0.2, -0.15) is 0 Å². The van der Waals surface area contributed by atoms with E-state index in [2.05, 4.69) is 5.32 Å². The Kier molecular flexibility index (Phi) is 5.45. The molecule has 106 valence electrons. The fraction of sp³-hybridized carbons (Fsp3) is 0.929. The van der Waals surface area contributed by atoms with Gasteiger partial charge in [-0.3, -0.25) is 0 Å². The van der Waals surface area contributed by atoms with Crippen molar-refractivity contribution >= 4 is 6.09 Å². The summed E-state index contributed by atoms with van der Waals surface area (Å²) in [6.07, 6.45) is 4.81. The zero-order chi connectivity index (χ0) is 13.8. The van der Waals surface area contributed by atoms with E-state index in [0.717, 1.165) is 12.8 Å². The van der Waals surface area contributed by atoms with Crippen molar-refractivity contribution in [1.82, 2.24) is 5.32 Å². The number of alkyl carbamates (subject to hydrolysis) is 1. The molecule has 0 radical (unpaired) electrons. The molecule has 1 saturated carbocycles. The second-order valence-electron chi connectivity index (χ2n) is 6.32. The fourth-order valence-electron chi connectivity index (χ4n) is 2.46. The Balaban J connectivity index is 2.38. The molecule has 0 bridgehead atoms. The van der Waals surface area contributed by atoms with Gasteiger partial charge in [0.2, 0.25) is 0 Å². The molecule has 2 atom stereocenters. The number of amides is 1. The van der Waals surface area contributed by atoms with E-state index in [0.29, 0.717) is 5.92 Å². The number of nitrogens with one attached hydrogen (secondary N) is 1. The summed E-state index contributed by atoms with van der Waals surface area (Å²) in [5.41, 5.74) is -0.500. The fourth-order valence-corrected chi connectivity index (χ4v) is 2.46. The molecule has 0 aliphatic heterocycles. The molecule has 1 fully saturated rings. The van der Waals surface area contributed by atoms with Crippen LogP contribution in [0.15, 0.2) is 0 Å². The van der Waals surface area contributed by atoms with Crippen molar-refractivity contribution in [3.05, 3.63) is 0 Å². The molecule has 0 aromatic heterocycles. The minimum Gasteiger partial charge on any atom is -0.444 e. The minimum absolute atomic E-state index is 0.261. The minimum atomic E-state index is -0.500. The summed E-state index contributed by atoms with van der Waals surface area (Å²) in [6.45, 7) is 7.32. The van der Waals surface area contributed by atoms with Crippen molar-refractivity contribution in [3.63, 3.8) is 0 Å². The third-order valence-corrected chi connectivity index (χ3v) is 3.39. The lowest BCUT2D eigenvalue weighted by molar-refractivity contribution is 0.0291. The lowest BCUT2D eigenvalue weighted by Gasteiger charge is -2.31. The maximum absolute atomic E-state index is 11.6. The molecule has 0 aromatic rings. The van der Waals surface area contributed by atoms with Crippen molar-refractivity contribution in [2.24, 2.45) is 5.92 Å². The van der Waals surface area contributed by atoms with Crippen LogP contribution in [0.5, 0.6) is 0 Å². The summed E-state index contributed by atoms with van der Waals surface area (Å²) in [6, 6.07) is -0.261. The van der Waals surface area contributed by atoms with Crippen molar-refractivity contribution in [2.75, 3.05) is 0 Å². The Labute approximate surface area is 110 Å². The first-order valence-corrected chi connectivity index (χ1v) is 6.97. The quantitative estimate of drug-likeness (QED) is 0.817. The van der Waals surface area contributed by atoms with Crippen LogP contribution < -0.4 is 5.32 Å². The SMILES string of the molecule is C[C@H](NC(=O)OC(C)(C)C)C(O)C1CCCCC1.